The minimum Gasteiger partial charge on any atom is -0.378 e. The molecule has 3 nitrogen and oxygen atoms in total. The molecule has 1 aliphatic rings. The van der Waals surface area contributed by atoms with E-state index in [2.05, 4.69) is 4.90 Å². The molecule has 0 amide bonds. The van der Waals surface area contributed by atoms with Crippen LogP contribution in [0.2, 0.25) is 5.02 Å². The van der Waals surface area contributed by atoms with E-state index >= 15 is 0 Å². The van der Waals surface area contributed by atoms with Crippen molar-refractivity contribution in [3.63, 3.8) is 0 Å². The zero-order valence-corrected chi connectivity index (χ0v) is 12.4. The van der Waals surface area contributed by atoms with E-state index in [1.54, 1.807) is 24.3 Å². The third-order valence-electron chi connectivity index (χ3n) is 3.24. The van der Waals surface area contributed by atoms with Crippen LogP contribution < -0.4 is 4.90 Å². The molecular weight excluding hydrogens is 294 g/mol. The molecule has 0 atom stereocenters. The average molecular weight is 308 g/mol. The first-order chi connectivity index (χ1) is 9.74. The lowest BCUT2D eigenvalue weighted by Gasteiger charge is -2.27. The van der Waals surface area contributed by atoms with Crippen LogP contribution >= 0.6 is 22.9 Å². The van der Waals surface area contributed by atoms with E-state index in [4.69, 9.17) is 16.3 Å². The Morgan fingerprint density at radius 2 is 1.80 bits per heavy atom. The summed E-state index contributed by atoms with van der Waals surface area (Å²) in [6, 6.07) is 10.9. The van der Waals surface area contributed by atoms with E-state index in [-0.39, 0.29) is 5.78 Å². The smallest absolute Gasteiger partial charge is 0.203 e. The zero-order chi connectivity index (χ0) is 13.9. The fraction of sp³-hybridized carbons (Fsp3) is 0.267. The Kier molecular flexibility index (Phi) is 4.05. The molecule has 0 aliphatic carbocycles. The van der Waals surface area contributed by atoms with Gasteiger partial charge in [-0.3, -0.25) is 4.79 Å². The number of rotatable bonds is 3. The van der Waals surface area contributed by atoms with Gasteiger partial charge in [-0.1, -0.05) is 11.6 Å². The highest BCUT2D eigenvalue weighted by atomic mass is 35.5. The highest BCUT2D eigenvalue weighted by Gasteiger charge is 2.16. The van der Waals surface area contributed by atoms with Gasteiger partial charge in [0.2, 0.25) is 5.78 Å². The molecule has 3 rings (SSSR count). The Labute approximate surface area is 126 Å². The molecule has 0 N–H and O–H groups in total. The molecule has 2 heterocycles. The van der Waals surface area contributed by atoms with Crippen molar-refractivity contribution in [1.82, 2.24) is 0 Å². The zero-order valence-electron chi connectivity index (χ0n) is 10.8. The predicted octanol–water partition coefficient (Wildman–Crippen LogP) is 3.47. The summed E-state index contributed by atoms with van der Waals surface area (Å²) < 4.78 is 5.34. The minimum absolute atomic E-state index is 0.0474. The van der Waals surface area contributed by atoms with Crippen LogP contribution in [0.15, 0.2) is 36.4 Å². The first-order valence-corrected chi connectivity index (χ1v) is 7.66. The Bertz CT molecular complexity index is 603. The third kappa shape index (κ3) is 2.87. The Hall–Kier alpha value is -1.36. The van der Waals surface area contributed by atoms with E-state index in [1.165, 1.54) is 11.3 Å². The van der Waals surface area contributed by atoms with Gasteiger partial charge in [-0.05, 0) is 36.4 Å². The van der Waals surface area contributed by atoms with Gasteiger partial charge in [0.15, 0.2) is 0 Å². The normalized spacial score (nSPS) is 15.3. The number of morpholine rings is 1. The molecule has 1 aliphatic heterocycles. The van der Waals surface area contributed by atoms with Crippen molar-refractivity contribution in [2.45, 2.75) is 0 Å². The largest absolute Gasteiger partial charge is 0.378 e. The number of ether oxygens (including phenoxy) is 1. The Balaban J connectivity index is 1.78. The summed E-state index contributed by atoms with van der Waals surface area (Å²) in [6.07, 6.45) is 0. The SMILES string of the molecule is O=C(c1ccc(Cl)cc1)c1ccc(N2CCOCC2)s1. The summed E-state index contributed by atoms with van der Waals surface area (Å²) >= 11 is 7.38. The molecule has 2 aromatic rings. The molecule has 0 bridgehead atoms. The molecule has 20 heavy (non-hydrogen) atoms. The van der Waals surface area contributed by atoms with Crippen molar-refractivity contribution in [3.8, 4) is 0 Å². The summed E-state index contributed by atoms with van der Waals surface area (Å²) in [5.41, 5.74) is 0.671. The summed E-state index contributed by atoms with van der Waals surface area (Å²) in [7, 11) is 0. The highest BCUT2D eigenvalue weighted by molar-refractivity contribution is 7.18. The van der Waals surface area contributed by atoms with Gasteiger partial charge in [0, 0.05) is 23.7 Å². The maximum Gasteiger partial charge on any atom is 0.203 e. The van der Waals surface area contributed by atoms with Gasteiger partial charge >= 0.3 is 0 Å². The van der Waals surface area contributed by atoms with Gasteiger partial charge < -0.3 is 9.64 Å². The van der Waals surface area contributed by atoms with E-state index in [9.17, 15) is 4.79 Å². The van der Waals surface area contributed by atoms with Gasteiger partial charge in [-0.25, -0.2) is 0 Å². The number of ketones is 1. The van der Waals surface area contributed by atoms with Crippen molar-refractivity contribution in [1.29, 1.82) is 0 Å². The number of halogens is 1. The maximum absolute atomic E-state index is 12.4. The van der Waals surface area contributed by atoms with E-state index < -0.39 is 0 Å². The van der Waals surface area contributed by atoms with Gasteiger partial charge in [-0.2, -0.15) is 0 Å². The predicted molar refractivity (Wildman–Crippen MR) is 82.2 cm³/mol. The number of hydrogen-bond acceptors (Lipinski definition) is 4. The van der Waals surface area contributed by atoms with Crippen LogP contribution in [0.1, 0.15) is 15.2 Å². The molecule has 1 fully saturated rings. The second-order valence-corrected chi connectivity index (χ2v) is 6.07. The summed E-state index contributed by atoms with van der Waals surface area (Å²) in [4.78, 5) is 15.4. The lowest BCUT2D eigenvalue weighted by atomic mass is 10.1. The van der Waals surface area contributed by atoms with E-state index in [0.29, 0.717) is 10.6 Å². The van der Waals surface area contributed by atoms with Crippen molar-refractivity contribution in [2.24, 2.45) is 0 Å². The monoisotopic (exact) mass is 307 g/mol. The quantitative estimate of drug-likeness (QED) is 0.813. The maximum atomic E-state index is 12.4. The fourth-order valence-corrected chi connectivity index (χ4v) is 3.29. The number of hydrogen-bond donors (Lipinski definition) is 0. The van der Waals surface area contributed by atoms with Crippen LogP contribution in [0, 0.1) is 0 Å². The van der Waals surface area contributed by atoms with Gasteiger partial charge in [-0.15, -0.1) is 11.3 Å². The molecular formula is C15H14ClNO2S. The lowest BCUT2D eigenvalue weighted by molar-refractivity contribution is 0.104. The number of thiophene rings is 1. The van der Waals surface area contributed by atoms with Gasteiger partial charge in [0.25, 0.3) is 0 Å². The fourth-order valence-electron chi connectivity index (χ4n) is 2.15. The molecule has 0 spiro atoms. The molecule has 0 unspecified atom stereocenters. The molecule has 5 heteroatoms. The second kappa shape index (κ2) is 5.95. The topological polar surface area (TPSA) is 29.5 Å². The first kappa shape index (κ1) is 13.6. The van der Waals surface area contributed by atoms with Crippen LogP contribution in [0.4, 0.5) is 5.00 Å². The van der Waals surface area contributed by atoms with Crippen LogP contribution in [0.5, 0.6) is 0 Å². The standard InChI is InChI=1S/C15H14ClNO2S/c16-12-3-1-11(2-4-12)15(18)13-5-6-14(20-13)17-7-9-19-10-8-17/h1-6H,7-10H2. The summed E-state index contributed by atoms with van der Waals surface area (Å²) in [5.74, 6) is 0.0474. The number of benzene rings is 1. The van der Waals surface area contributed by atoms with Crippen LogP contribution in [-0.4, -0.2) is 32.1 Å². The van der Waals surface area contributed by atoms with Crippen LogP contribution in [0.3, 0.4) is 0 Å². The number of carbonyl (C=O) groups excluding carboxylic acids is 1. The third-order valence-corrected chi connectivity index (χ3v) is 4.64. The van der Waals surface area contributed by atoms with E-state index in [0.717, 1.165) is 36.2 Å². The molecule has 1 aromatic carbocycles. The highest BCUT2D eigenvalue weighted by Crippen LogP contribution is 2.28. The second-order valence-electron chi connectivity index (χ2n) is 4.57. The van der Waals surface area contributed by atoms with Crippen LogP contribution in [-0.2, 0) is 4.74 Å². The van der Waals surface area contributed by atoms with Gasteiger partial charge in [0.05, 0.1) is 23.1 Å². The van der Waals surface area contributed by atoms with Crippen LogP contribution in [0.25, 0.3) is 0 Å². The lowest BCUT2D eigenvalue weighted by Crippen LogP contribution is -2.35. The van der Waals surface area contributed by atoms with Gasteiger partial charge in [0.1, 0.15) is 0 Å². The number of carbonyl (C=O) groups is 1. The van der Waals surface area contributed by atoms with Crippen molar-refractivity contribution in [3.05, 3.63) is 51.9 Å². The Morgan fingerprint density at radius 1 is 1.10 bits per heavy atom. The minimum atomic E-state index is 0.0474. The van der Waals surface area contributed by atoms with Crippen molar-refractivity contribution in [2.75, 3.05) is 31.2 Å². The first-order valence-electron chi connectivity index (χ1n) is 6.47. The van der Waals surface area contributed by atoms with E-state index in [1.807, 2.05) is 12.1 Å². The van der Waals surface area contributed by atoms with Crippen molar-refractivity contribution >= 4 is 33.7 Å². The number of anilines is 1. The molecule has 1 saturated heterocycles. The summed E-state index contributed by atoms with van der Waals surface area (Å²) in [5, 5.41) is 1.77. The average Bonchev–Trinajstić information content (AvgIpc) is 2.98. The molecule has 104 valence electrons. The molecule has 1 aromatic heterocycles. The molecule has 0 saturated carbocycles. The van der Waals surface area contributed by atoms with Crippen molar-refractivity contribution < 1.29 is 9.53 Å². The molecule has 0 radical (unpaired) electrons. The summed E-state index contributed by atoms with van der Waals surface area (Å²) in [6.45, 7) is 3.26. The number of nitrogens with zero attached hydrogens (tertiary/aromatic N) is 1. The Morgan fingerprint density at radius 3 is 2.50 bits per heavy atom.